The fourth-order valence-corrected chi connectivity index (χ4v) is 1.32. The minimum absolute atomic E-state index is 0.232. The number of hydrogen-bond acceptors (Lipinski definition) is 3. The largest absolute Gasteiger partial charge is 0.496 e. The highest BCUT2D eigenvalue weighted by molar-refractivity contribution is 6.29. The van der Waals surface area contributed by atoms with Crippen LogP contribution in [0.3, 0.4) is 0 Å². The second kappa shape index (κ2) is 7.74. The van der Waals surface area contributed by atoms with E-state index in [9.17, 15) is 0 Å². The summed E-state index contributed by atoms with van der Waals surface area (Å²) < 4.78 is 5.49. The van der Waals surface area contributed by atoms with Gasteiger partial charge >= 0.3 is 0 Å². The summed E-state index contributed by atoms with van der Waals surface area (Å²) in [5.41, 5.74) is 0. The maximum atomic E-state index is 8.55. The van der Waals surface area contributed by atoms with E-state index in [1.54, 1.807) is 0 Å². The second-order valence-electron chi connectivity index (χ2n) is 3.27. The van der Waals surface area contributed by atoms with Crippen molar-refractivity contribution in [1.82, 2.24) is 5.32 Å². The molecule has 1 aliphatic carbocycles. The molecule has 1 rings (SSSR count). The first-order valence-corrected chi connectivity index (χ1v) is 5.54. The number of halogens is 1. The summed E-state index contributed by atoms with van der Waals surface area (Å²) in [7, 11) is 0. The predicted molar refractivity (Wildman–Crippen MR) is 61.5 cm³/mol. The Balaban J connectivity index is 2.01. The number of nitrogens with one attached hydrogen (secondary N) is 1. The third-order valence-corrected chi connectivity index (χ3v) is 2.27. The second-order valence-corrected chi connectivity index (χ2v) is 3.75. The molecule has 0 atom stereocenters. The highest BCUT2D eigenvalue weighted by Gasteiger charge is 2.05. The third-order valence-electron chi connectivity index (χ3n) is 1.99. The summed E-state index contributed by atoms with van der Waals surface area (Å²) in [5.74, 6) is 0.878. The Morgan fingerprint density at radius 2 is 2.27 bits per heavy atom. The van der Waals surface area contributed by atoms with E-state index in [1.165, 1.54) is 0 Å². The highest BCUT2D eigenvalue weighted by Crippen LogP contribution is 2.20. The maximum absolute atomic E-state index is 8.55. The summed E-state index contributed by atoms with van der Waals surface area (Å²) >= 11 is 5.79. The van der Waals surface area contributed by atoms with Gasteiger partial charge in [0.1, 0.15) is 12.4 Å². The van der Waals surface area contributed by atoms with Gasteiger partial charge in [-0.1, -0.05) is 11.6 Å². The van der Waals surface area contributed by atoms with Crippen LogP contribution in [0.5, 0.6) is 0 Å². The maximum Gasteiger partial charge on any atom is 0.100 e. The van der Waals surface area contributed by atoms with E-state index in [2.05, 4.69) is 5.32 Å². The summed E-state index contributed by atoms with van der Waals surface area (Å²) in [6.07, 6.45) is 7.24. The van der Waals surface area contributed by atoms with Gasteiger partial charge in [0.2, 0.25) is 0 Å². The quantitative estimate of drug-likeness (QED) is 0.653. The Morgan fingerprint density at radius 1 is 1.40 bits per heavy atom. The lowest BCUT2D eigenvalue weighted by atomic mass is 10.1. The normalized spacial score (nSPS) is 15.9. The minimum atomic E-state index is 0.232. The Labute approximate surface area is 95.8 Å². The molecular weight excluding hydrogens is 214 g/mol. The molecule has 0 spiro atoms. The lowest BCUT2D eigenvalue weighted by molar-refractivity contribution is 0.215. The Morgan fingerprint density at radius 3 is 2.93 bits per heavy atom. The Bertz CT molecular complexity index is 239. The molecule has 0 fully saturated rings. The zero-order valence-electron chi connectivity index (χ0n) is 8.71. The van der Waals surface area contributed by atoms with E-state index in [0.29, 0.717) is 6.61 Å². The van der Waals surface area contributed by atoms with Crippen molar-refractivity contribution in [3.05, 3.63) is 29.4 Å². The number of rotatable bonds is 7. The Kier molecular flexibility index (Phi) is 6.48. The first-order valence-electron chi connectivity index (χ1n) is 5.17. The average Bonchev–Trinajstić information content (AvgIpc) is 2.26. The van der Waals surface area contributed by atoms with Crippen LogP contribution >= 0.6 is 11.6 Å². The fourth-order valence-electron chi connectivity index (χ4n) is 1.18. The third kappa shape index (κ3) is 5.82. The van der Waals surface area contributed by atoms with Crippen molar-refractivity contribution in [3.63, 3.8) is 0 Å². The number of hydrogen-bond donors (Lipinski definition) is 2. The molecule has 0 amide bonds. The van der Waals surface area contributed by atoms with Gasteiger partial charge in [0.25, 0.3) is 0 Å². The van der Waals surface area contributed by atoms with E-state index < -0.39 is 0 Å². The summed E-state index contributed by atoms with van der Waals surface area (Å²) in [4.78, 5) is 0. The van der Waals surface area contributed by atoms with Gasteiger partial charge in [0.05, 0.1) is 0 Å². The van der Waals surface area contributed by atoms with Crippen molar-refractivity contribution >= 4 is 11.6 Å². The molecule has 0 aromatic carbocycles. The Hall–Kier alpha value is -0.510. The molecule has 3 nitrogen and oxygen atoms in total. The molecule has 15 heavy (non-hydrogen) atoms. The monoisotopic (exact) mass is 230 g/mol. The molecule has 1 aliphatic rings. The van der Waals surface area contributed by atoms with Gasteiger partial charge in [-0.15, -0.1) is 0 Å². The van der Waals surface area contributed by atoms with Crippen LogP contribution in [0.15, 0.2) is 22.9 Å². The molecule has 4 heteroatoms. The molecule has 85 valence electrons. The van der Waals surface area contributed by atoms with Crippen molar-refractivity contribution in [2.45, 2.75) is 12.8 Å². The lowest BCUT2D eigenvalue weighted by Crippen LogP contribution is -2.21. The smallest absolute Gasteiger partial charge is 0.100 e. The van der Waals surface area contributed by atoms with Gasteiger partial charge < -0.3 is 15.2 Å². The van der Waals surface area contributed by atoms with Gasteiger partial charge in [-0.05, 0) is 31.5 Å². The van der Waals surface area contributed by atoms with Gasteiger partial charge in [-0.2, -0.15) is 0 Å². The minimum Gasteiger partial charge on any atom is -0.496 e. The fraction of sp³-hybridized carbons (Fsp3) is 0.545. The number of aliphatic hydroxyl groups is 1. The lowest BCUT2D eigenvalue weighted by Gasteiger charge is -2.12. The standard InChI is InChI=1S/C11H17ClNO2/c12-10-2-4-11(5-3-10)15-9-7-13-6-1-8-14/h2,4-5,13-14H,1,3,6-9H2. The van der Waals surface area contributed by atoms with E-state index in [-0.39, 0.29) is 6.61 Å². The molecule has 2 N–H and O–H groups in total. The van der Waals surface area contributed by atoms with Gasteiger partial charge in [-0.3, -0.25) is 0 Å². The van der Waals surface area contributed by atoms with Crippen molar-refractivity contribution in [3.8, 4) is 0 Å². The van der Waals surface area contributed by atoms with E-state index in [0.717, 1.165) is 36.7 Å². The zero-order valence-corrected chi connectivity index (χ0v) is 9.46. The van der Waals surface area contributed by atoms with Crippen LogP contribution in [0.2, 0.25) is 0 Å². The number of allylic oxidation sites excluding steroid dienone is 4. The van der Waals surface area contributed by atoms with Crippen molar-refractivity contribution in [1.29, 1.82) is 0 Å². The van der Waals surface area contributed by atoms with Crippen LogP contribution in [-0.2, 0) is 4.74 Å². The summed E-state index contributed by atoms with van der Waals surface area (Å²) in [5, 5.41) is 12.6. The molecule has 0 aromatic heterocycles. The van der Waals surface area contributed by atoms with Crippen molar-refractivity contribution < 1.29 is 9.84 Å². The number of ether oxygens (including phenoxy) is 1. The zero-order chi connectivity index (χ0) is 10.9. The van der Waals surface area contributed by atoms with Crippen LogP contribution < -0.4 is 5.32 Å². The highest BCUT2D eigenvalue weighted by atomic mass is 35.5. The van der Waals surface area contributed by atoms with E-state index in [4.69, 9.17) is 21.4 Å². The molecule has 0 aliphatic heterocycles. The van der Waals surface area contributed by atoms with Crippen LogP contribution in [0.1, 0.15) is 12.8 Å². The first-order chi connectivity index (χ1) is 7.33. The first kappa shape index (κ1) is 12.6. The van der Waals surface area contributed by atoms with Crippen molar-refractivity contribution in [2.24, 2.45) is 0 Å². The van der Waals surface area contributed by atoms with E-state index in [1.807, 2.05) is 18.6 Å². The van der Waals surface area contributed by atoms with Gasteiger partial charge in [0, 0.05) is 24.6 Å². The topological polar surface area (TPSA) is 41.5 Å². The van der Waals surface area contributed by atoms with Gasteiger partial charge in [0.15, 0.2) is 0 Å². The number of aliphatic hydroxyl groups excluding tert-OH is 1. The molecule has 1 radical (unpaired) electrons. The van der Waals surface area contributed by atoms with Crippen LogP contribution in [0.25, 0.3) is 0 Å². The molecule has 0 aromatic rings. The molecule has 0 heterocycles. The van der Waals surface area contributed by atoms with Crippen LogP contribution in [0.4, 0.5) is 0 Å². The SMILES string of the molecule is OCCCNCCOC1=CC=C(Cl)C[CH]1. The van der Waals surface area contributed by atoms with Crippen LogP contribution in [0, 0.1) is 6.42 Å². The summed E-state index contributed by atoms with van der Waals surface area (Å²) in [6.45, 7) is 2.49. The summed E-state index contributed by atoms with van der Waals surface area (Å²) in [6, 6.07) is 0. The van der Waals surface area contributed by atoms with Crippen LogP contribution in [-0.4, -0.2) is 31.4 Å². The molecule has 0 saturated heterocycles. The molecule has 0 bridgehead atoms. The molecule has 0 unspecified atom stereocenters. The molecule has 0 saturated carbocycles. The van der Waals surface area contributed by atoms with Gasteiger partial charge in [-0.25, -0.2) is 0 Å². The predicted octanol–water partition coefficient (Wildman–Crippen LogP) is 1.59. The average molecular weight is 231 g/mol. The van der Waals surface area contributed by atoms with Crippen molar-refractivity contribution in [2.75, 3.05) is 26.3 Å². The molecular formula is C11H17ClNO2. The van der Waals surface area contributed by atoms with E-state index >= 15 is 0 Å².